The molecule has 6 nitrogen and oxygen atoms in total. The van der Waals surface area contributed by atoms with Crippen LogP contribution in [0, 0.1) is 13.8 Å². The molecule has 2 aromatic rings. The zero-order valence-corrected chi connectivity index (χ0v) is 11.9. The third-order valence-corrected chi connectivity index (χ3v) is 2.99. The normalized spacial score (nSPS) is 11.5. The Kier molecular flexibility index (Phi) is 4.39. The summed E-state index contributed by atoms with van der Waals surface area (Å²) in [7, 11) is 0. The molecule has 0 amide bonds. The molecular formula is C15H17N3O3. The van der Waals surface area contributed by atoms with Gasteiger partial charge in [-0.05, 0) is 31.5 Å². The fraction of sp³-hybridized carbons (Fsp3) is 0.200. The van der Waals surface area contributed by atoms with E-state index in [4.69, 9.17) is 20.8 Å². The first-order valence-electron chi connectivity index (χ1n) is 6.39. The molecule has 110 valence electrons. The lowest BCUT2D eigenvalue weighted by Gasteiger charge is -2.13. The first-order chi connectivity index (χ1) is 10.0. The highest BCUT2D eigenvalue weighted by Crippen LogP contribution is 2.28. The summed E-state index contributed by atoms with van der Waals surface area (Å²) in [6, 6.07) is 8.73. The number of oxime groups is 1. The Labute approximate surface area is 122 Å². The quantitative estimate of drug-likeness (QED) is 0.346. The predicted molar refractivity (Wildman–Crippen MR) is 78.7 cm³/mol. The summed E-state index contributed by atoms with van der Waals surface area (Å²) in [6.07, 6.45) is 0. The number of hydrogen-bond acceptors (Lipinski definition) is 5. The standard InChI is InChI=1S/C15H17N3O3/c1-9-7-13(14(10(2)17-9)15(16)18-20)21-12-5-3-11(8-19)4-6-12/h3-7,19-20H,8H2,1-2H3,(H2,16,18). The molecule has 0 saturated carbocycles. The van der Waals surface area contributed by atoms with E-state index in [-0.39, 0.29) is 12.4 Å². The van der Waals surface area contributed by atoms with Gasteiger partial charge in [-0.3, -0.25) is 4.98 Å². The molecule has 4 N–H and O–H groups in total. The van der Waals surface area contributed by atoms with Crippen molar-refractivity contribution in [2.24, 2.45) is 10.9 Å². The minimum Gasteiger partial charge on any atom is -0.456 e. The molecule has 0 fully saturated rings. The van der Waals surface area contributed by atoms with Gasteiger partial charge < -0.3 is 20.8 Å². The van der Waals surface area contributed by atoms with Crippen LogP contribution in [0.2, 0.25) is 0 Å². The van der Waals surface area contributed by atoms with Crippen molar-refractivity contribution >= 4 is 5.84 Å². The van der Waals surface area contributed by atoms with Crippen molar-refractivity contribution in [3.8, 4) is 11.5 Å². The number of pyridine rings is 1. The lowest BCUT2D eigenvalue weighted by Crippen LogP contribution is -2.17. The number of aliphatic hydroxyl groups is 1. The van der Waals surface area contributed by atoms with E-state index in [1.165, 1.54) is 0 Å². The SMILES string of the molecule is Cc1cc(Oc2ccc(CO)cc2)c(/C(N)=N/O)c(C)n1. The Balaban J connectivity index is 2.42. The van der Waals surface area contributed by atoms with Gasteiger partial charge in [0.2, 0.25) is 0 Å². The Morgan fingerprint density at radius 1 is 1.29 bits per heavy atom. The van der Waals surface area contributed by atoms with Gasteiger partial charge in [-0.15, -0.1) is 0 Å². The van der Waals surface area contributed by atoms with E-state index < -0.39 is 0 Å². The molecule has 0 saturated heterocycles. The minimum atomic E-state index is -0.0537. The molecule has 6 heteroatoms. The van der Waals surface area contributed by atoms with Crippen molar-refractivity contribution in [3.63, 3.8) is 0 Å². The van der Waals surface area contributed by atoms with E-state index in [1.54, 1.807) is 37.3 Å². The molecule has 0 atom stereocenters. The number of rotatable bonds is 4. The Hall–Kier alpha value is -2.60. The number of ether oxygens (including phenoxy) is 1. The van der Waals surface area contributed by atoms with E-state index >= 15 is 0 Å². The molecule has 0 unspecified atom stereocenters. The lowest BCUT2D eigenvalue weighted by molar-refractivity contribution is 0.281. The lowest BCUT2D eigenvalue weighted by atomic mass is 10.1. The van der Waals surface area contributed by atoms with Crippen LogP contribution in [0.25, 0.3) is 0 Å². The maximum absolute atomic E-state index is 9.03. The zero-order valence-electron chi connectivity index (χ0n) is 11.9. The van der Waals surface area contributed by atoms with Crippen LogP contribution < -0.4 is 10.5 Å². The van der Waals surface area contributed by atoms with E-state index in [1.807, 2.05) is 6.92 Å². The topological polar surface area (TPSA) is 101 Å². The molecule has 2 rings (SSSR count). The maximum atomic E-state index is 9.03. The molecule has 1 heterocycles. The number of hydrogen-bond donors (Lipinski definition) is 3. The Bertz CT molecular complexity index is 667. The Morgan fingerprint density at radius 2 is 1.95 bits per heavy atom. The van der Waals surface area contributed by atoms with E-state index in [9.17, 15) is 0 Å². The molecule has 1 aromatic carbocycles. The molecule has 0 aliphatic rings. The first-order valence-corrected chi connectivity index (χ1v) is 6.39. The summed E-state index contributed by atoms with van der Waals surface area (Å²) < 4.78 is 5.80. The molecule has 0 aliphatic carbocycles. The van der Waals surface area contributed by atoms with Gasteiger partial charge in [0, 0.05) is 11.8 Å². The first kappa shape index (κ1) is 14.8. The van der Waals surface area contributed by atoms with Gasteiger partial charge in [0.1, 0.15) is 11.5 Å². The van der Waals surface area contributed by atoms with Crippen LogP contribution in [-0.2, 0) is 6.61 Å². The van der Waals surface area contributed by atoms with Crippen molar-refractivity contribution in [2.75, 3.05) is 0 Å². The second-order valence-electron chi connectivity index (χ2n) is 4.61. The van der Waals surface area contributed by atoms with Gasteiger partial charge in [0.05, 0.1) is 17.9 Å². The summed E-state index contributed by atoms with van der Waals surface area (Å²) in [6.45, 7) is 3.58. The van der Waals surface area contributed by atoms with Gasteiger partial charge in [-0.2, -0.15) is 0 Å². The fourth-order valence-electron chi connectivity index (χ4n) is 2.02. The van der Waals surface area contributed by atoms with Crippen LogP contribution in [0.5, 0.6) is 11.5 Å². The molecule has 0 spiro atoms. The summed E-state index contributed by atoms with van der Waals surface area (Å²) in [4.78, 5) is 4.29. The highest BCUT2D eigenvalue weighted by atomic mass is 16.5. The van der Waals surface area contributed by atoms with E-state index in [0.29, 0.717) is 22.8 Å². The van der Waals surface area contributed by atoms with Crippen LogP contribution in [-0.4, -0.2) is 21.1 Å². The van der Waals surface area contributed by atoms with Crippen molar-refractivity contribution in [1.29, 1.82) is 0 Å². The van der Waals surface area contributed by atoms with Crippen LogP contribution in [0.3, 0.4) is 0 Å². The molecular weight excluding hydrogens is 270 g/mol. The summed E-state index contributed by atoms with van der Waals surface area (Å²) in [5.41, 5.74) is 8.32. The van der Waals surface area contributed by atoms with Crippen LogP contribution >= 0.6 is 0 Å². The highest BCUT2D eigenvalue weighted by molar-refractivity contribution is 6.00. The second kappa shape index (κ2) is 6.23. The number of nitrogens with zero attached hydrogens (tertiary/aromatic N) is 2. The molecule has 0 bridgehead atoms. The maximum Gasteiger partial charge on any atom is 0.175 e. The van der Waals surface area contributed by atoms with E-state index in [0.717, 1.165) is 11.3 Å². The summed E-state index contributed by atoms with van der Waals surface area (Å²) >= 11 is 0. The smallest absolute Gasteiger partial charge is 0.175 e. The Morgan fingerprint density at radius 3 is 2.52 bits per heavy atom. The highest BCUT2D eigenvalue weighted by Gasteiger charge is 2.15. The number of aliphatic hydroxyl groups excluding tert-OH is 1. The van der Waals surface area contributed by atoms with Gasteiger partial charge in [-0.25, -0.2) is 0 Å². The van der Waals surface area contributed by atoms with Crippen LogP contribution in [0.15, 0.2) is 35.5 Å². The average molecular weight is 287 g/mol. The number of nitrogens with two attached hydrogens (primary N) is 1. The molecule has 0 radical (unpaired) electrons. The van der Waals surface area contributed by atoms with Gasteiger partial charge >= 0.3 is 0 Å². The zero-order chi connectivity index (χ0) is 15.4. The van der Waals surface area contributed by atoms with Crippen molar-refractivity contribution < 1.29 is 15.1 Å². The van der Waals surface area contributed by atoms with Crippen molar-refractivity contribution in [3.05, 3.63) is 52.8 Å². The second-order valence-corrected chi connectivity index (χ2v) is 4.61. The number of aromatic nitrogens is 1. The summed E-state index contributed by atoms with van der Waals surface area (Å²) in [5, 5.41) is 20.9. The van der Waals surface area contributed by atoms with Gasteiger partial charge in [0.25, 0.3) is 0 Å². The van der Waals surface area contributed by atoms with Crippen molar-refractivity contribution in [1.82, 2.24) is 4.98 Å². The van der Waals surface area contributed by atoms with Gasteiger partial charge in [-0.1, -0.05) is 17.3 Å². The molecule has 0 aliphatic heterocycles. The largest absolute Gasteiger partial charge is 0.456 e. The number of benzene rings is 1. The third-order valence-electron chi connectivity index (χ3n) is 2.99. The van der Waals surface area contributed by atoms with Crippen LogP contribution in [0.1, 0.15) is 22.5 Å². The average Bonchev–Trinajstić information content (AvgIpc) is 2.47. The van der Waals surface area contributed by atoms with Gasteiger partial charge in [0.15, 0.2) is 5.84 Å². The molecule has 21 heavy (non-hydrogen) atoms. The molecule has 1 aromatic heterocycles. The summed E-state index contributed by atoms with van der Waals surface area (Å²) in [5.74, 6) is 0.998. The number of amidine groups is 1. The number of aryl methyl sites for hydroxylation is 2. The monoisotopic (exact) mass is 287 g/mol. The van der Waals surface area contributed by atoms with Crippen molar-refractivity contribution in [2.45, 2.75) is 20.5 Å². The van der Waals surface area contributed by atoms with Crippen LogP contribution in [0.4, 0.5) is 0 Å². The fourth-order valence-corrected chi connectivity index (χ4v) is 2.02. The van der Waals surface area contributed by atoms with E-state index in [2.05, 4.69) is 10.1 Å². The predicted octanol–water partition coefficient (Wildman–Crippen LogP) is 2.08. The minimum absolute atomic E-state index is 0.0247. The third kappa shape index (κ3) is 3.29.